The highest BCUT2D eigenvalue weighted by Crippen LogP contribution is 2.05. The van der Waals surface area contributed by atoms with Crippen LogP contribution in [0.3, 0.4) is 0 Å². The van der Waals surface area contributed by atoms with Gasteiger partial charge in [-0.15, -0.1) is 0 Å². The summed E-state index contributed by atoms with van der Waals surface area (Å²) in [6, 6.07) is -0.0285. The highest BCUT2D eigenvalue weighted by Gasteiger charge is 2.11. The van der Waals surface area contributed by atoms with E-state index < -0.39 is 0 Å². The monoisotopic (exact) mass is 146 g/mol. The Balaban J connectivity index is 3.36. The minimum atomic E-state index is -0.104. The molecule has 0 aromatic carbocycles. The van der Waals surface area contributed by atoms with Crippen molar-refractivity contribution < 1.29 is 4.74 Å². The summed E-state index contributed by atoms with van der Waals surface area (Å²) in [7, 11) is 0. The topological polar surface area (TPSA) is 61.3 Å². The fourth-order valence-corrected chi connectivity index (χ4v) is 0.425. The highest BCUT2D eigenvalue weighted by atomic mass is 16.5. The Morgan fingerprint density at radius 2 is 1.90 bits per heavy atom. The second kappa shape index (κ2) is 3.91. The third kappa shape index (κ3) is 6.01. The van der Waals surface area contributed by atoms with Gasteiger partial charge in [0.2, 0.25) is 0 Å². The van der Waals surface area contributed by atoms with E-state index in [0.717, 1.165) is 0 Å². The van der Waals surface area contributed by atoms with Gasteiger partial charge in [-0.05, 0) is 20.8 Å². The molecule has 0 fully saturated rings. The van der Waals surface area contributed by atoms with Crippen molar-refractivity contribution in [1.82, 2.24) is 0 Å². The molecule has 0 unspecified atom stereocenters. The minimum absolute atomic E-state index is 0.0285. The van der Waals surface area contributed by atoms with Crippen LogP contribution in [0.4, 0.5) is 0 Å². The lowest BCUT2D eigenvalue weighted by molar-refractivity contribution is -0.00890. The Labute approximate surface area is 62.7 Å². The minimum Gasteiger partial charge on any atom is -0.374 e. The number of ether oxygens (including phenoxy) is 1. The van der Waals surface area contributed by atoms with Crippen molar-refractivity contribution in [2.75, 3.05) is 13.2 Å². The molecule has 0 radical (unpaired) electrons. The van der Waals surface area contributed by atoms with Gasteiger partial charge in [-0.1, -0.05) is 0 Å². The molecule has 0 spiro atoms. The Morgan fingerprint density at radius 1 is 1.40 bits per heavy atom. The van der Waals surface area contributed by atoms with E-state index >= 15 is 0 Å². The number of hydrogen-bond donors (Lipinski definition) is 2. The third-order valence-electron chi connectivity index (χ3n) is 1.03. The summed E-state index contributed by atoms with van der Waals surface area (Å²) in [5.74, 6) is 0. The van der Waals surface area contributed by atoms with Crippen molar-refractivity contribution in [1.29, 1.82) is 0 Å². The van der Waals surface area contributed by atoms with Gasteiger partial charge in [-0.25, -0.2) is 0 Å². The first-order chi connectivity index (χ1) is 4.45. The molecule has 0 bridgehead atoms. The van der Waals surface area contributed by atoms with Gasteiger partial charge in [0.1, 0.15) is 0 Å². The molecule has 0 aromatic heterocycles. The molecule has 0 saturated carbocycles. The van der Waals surface area contributed by atoms with E-state index in [9.17, 15) is 0 Å². The first-order valence-electron chi connectivity index (χ1n) is 3.55. The maximum atomic E-state index is 5.53. The van der Waals surface area contributed by atoms with Crippen molar-refractivity contribution in [2.24, 2.45) is 11.5 Å². The summed E-state index contributed by atoms with van der Waals surface area (Å²) >= 11 is 0. The van der Waals surface area contributed by atoms with E-state index in [1.54, 1.807) is 0 Å². The van der Waals surface area contributed by atoms with Gasteiger partial charge >= 0.3 is 0 Å². The molecule has 0 aliphatic heterocycles. The first-order valence-corrected chi connectivity index (χ1v) is 3.55. The molecule has 0 saturated heterocycles. The van der Waals surface area contributed by atoms with Crippen LogP contribution >= 0.6 is 0 Å². The van der Waals surface area contributed by atoms with Crippen molar-refractivity contribution in [2.45, 2.75) is 32.4 Å². The molecular formula is C7H18N2O. The smallest absolute Gasteiger partial charge is 0.0637 e. The summed E-state index contributed by atoms with van der Waals surface area (Å²) in [4.78, 5) is 0. The molecule has 0 amide bonds. The molecule has 0 aliphatic rings. The fraction of sp³-hybridized carbons (Fsp3) is 1.00. The molecule has 1 atom stereocenters. The molecule has 0 aromatic rings. The van der Waals surface area contributed by atoms with E-state index in [1.165, 1.54) is 0 Å². The normalized spacial score (nSPS) is 15.3. The number of hydrogen-bond acceptors (Lipinski definition) is 3. The predicted molar refractivity (Wildman–Crippen MR) is 42.7 cm³/mol. The lowest BCUT2D eigenvalue weighted by Crippen LogP contribution is -2.37. The molecule has 10 heavy (non-hydrogen) atoms. The van der Waals surface area contributed by atoms with E-state index in [1.807, 2.05) is 20.8 Å². The lowest BCUT2D eigenvalue weighted by Gasteiger charge is -2.21. The second-order valence-corrected chi connectivity index (χ2v) is 3.42. The summed E-state index contributed by atoms with van der Waals surface area (Å²) in [6.45, 7) is 7.01. The van der Waals surface area contributed by atoms with Gasteiger partial charge in [0.25, 0.3) is 0 Å². The average Bonchev–Trinajstić information content (AvgIpc) is 1.81. The highest BCUT2D eigenvalue weighted by molar-refractivity contribution is 4.64. The van der Waals surface area contributed by atoms with Crippen molar-refractivity contribution in [3.63, 3.8) is 0 Å². The zero-order valence-corrected chi connectivity index (χ0v) is 7.05. The van der Waals surface area contributed by atoms with Crippen LogP contribution in [-0.2, 0) is 4.74 Å². The maximum absolute atomic E-state index is 5.53. The zero-order chi connectivity index (χ0) is 8.20. The van der Waals surface area contributed by atoms with Gasteiger partial charge in [0.05, 0.1) is 12.2 Å². The molecule has 62 valence electrons. The van der Waals surface area contributed by atoms with Gasteiger partial charge in [-0.2, -0.15) is 0 Å². The maximum Gasteiger partial charge on any atom is 0.0637 e. The Hall–Kier alpha value is -0.120. The standard InChI is InChI=1S/C7H18N2O/c1-7(2,3)10-5-6(9)4-8/h6H,4-5,8-9H2,1-3H3/t6-/m1/s1. The Morgan fingerprint density at radius 3 is 2.20 bits per heavy atom. The lowest BCUT2D eigenvalue weighted by atomic mass is 10.2. The first kappa shape index (κ1) is 9.88. The summed E-state index contributed by atoms with van der Waals surface area (Å²) < 4.78 is 5.38. The molecule has 0 rings (SSSR count). The van der Waals surface area contributed by atoms with Crippen LogP contribution in [0, 0.1) is 0 Å². The van der Waals surface area contributed by atoms with Crippen LogP contribution in [0.1, 0.15) is 20.8 Å². The molecular weight excluding hydrogens is 128 g/mol. The molecule has 0 aliphatic carbocycles. The van der Waals surface area contributed by atoms with Gasteiger partial charge in [0, 0.05) is 12.6 Å². The SMILES string of the molecule is CC(C)(C)OC[C@H](N)CN. The van der Waals surface area contributed by atoms with E-state index in [0.29, 0.717) is 13.2 Å². The predicted octanol–water partition coefficient (Wildman–Crippen LogP) is 0.0875. The molecule has 3 nitrogen and oxygen atoms in total. The van der Waals surface area contributed by atoms with E-state index in [-0.39, 0.29) is 11.6 Å². The largest absolute Gasteiger partial charge is 0.374 e. The van der Waals surface area contributed by atoms with Crippen LogP contribution in [0.15, 0.2) is 0 Å². The average molecular weight is 146 g/mol. The fourth-order valence-electron chi connectivity index (χ4n) is 0.425. The van der Waals surface area contributed by atoms with Gasteiger partial charge in [-0.3, -0.25) is 0 Å². The molecule has 0 heterocycles. The third-order valence-corrected chi connectivity index (χ3v) is 1.03. The van der Waals surface area contributed by atoms with Crippen molar-refractivity contribution in [3.8, 4) is 0 Å². The van der Waals surface area contributed by atoms with Crippen LogP contribution in [0.25, 0.3) is 0 Å². The second-order valence-electron chi connectivity index (χ2n) is 3.42. The van der Waals surface area contributed by atoms with Crippen LogP contribution in [0.5, 0.6) is 0 Å². The van der Waals surface area contributed by atoms with Crippen molar-refractivity contribution >= 4 is 0 Å². The van der Waals surface area contributed by atoms with Gasteiger partial charge in [0.15, 0.2) is 0 Å². The number of nitrogens with two attached hydrogens (primary N) is 2. The van der Waals surface area contributed by atoms with Crippen LogP contribution < -0.4 is 11.5 Å². The summed E-state index contributed by atoms with van der Waals surface area (Å²) in [6.07, 6.45) is 0. The quantitative estimate of drug-likeness (QED) is 0.593. The Kier molecular flexibility index (Phi) is 3.86. The molecule has 3 heteroatoms. The van der Waals surface area contributed by atoms with Crippen molar-refractivity contribution in [3.05, 3.63) is 0 Å². The van der Waals surface area contributed by atoms with E-state index in [4.69, 9.17) is 16.2 Å². The summed E-state index contributed by atoms with van der Waals surface area (Å²) in [5.41, 5.74) is 10.7. The summed E-state index contributed by atoms with van der Waals surface area (Å²) in [5, 5.41) is 0. The van der Waals surface area contributed by atoms with E-state index in [2.05, 4.69) is 0 Å². The Bertz CT molecular complexity index is 88.1. The molecule has 4 N–H and O–H groups in total. The number of rotatable bonds is 3. The van der Waals surface area contributed by atoms with Crippen LogP contribution in [0.2, 0.25) is 0 Å². The van der Waals surface area contributed by atoms with Gasteiger partial charge < -0.3 is 16.2 Å². The van der Waals surface area contributed by atoms with Crippen LogP contribution in [-0.4, -0.2) is 24.8 Å². The zero-order valence-electron chi connectivity index (χ0n) is 7.05.